The average Bonchev–Trinajstić information content (AvgIpc) is 2.54. The van der Waals surface area contributed by atoms with Crippen LogP contribution in [0.5, 0.6) is 5.75 Å². The van der Waals surface area contributed by atoms with E-state index in [1.54, 1.807) is 4.90 Å². The largest absolute Gasteiger partial charge is 0.494 e. The SMILES string of the molecule is CCOc1ccc(CCC(=O)N2CCOCC2CO)cc1. The van der Waals surface area contributed by atoms with Crippen molar-refractivity contribution in [2.45, 2.75) is 25.8 Å². The van der Waals surface area contributed by atoms with Crippen molar-refractivity contribution in [2.75, 3.05) is 33.0 Å². The lowest BCUT2D eigenvalue weighted by Crippen LogP contribution is -2.50. The number of morpholine rings is 1. The summed E-state index contributed by atoms with van der Waals surface area (Å²) in [7, 11) is 0. The summed E-state index contributed by atoms with van der Waals surface area (Å²) >= 11 is 0. The molecule has 1 heterocycles. The van der Waals surface area contributed by atoms with E-state index in [0.29, 0.717) is 39.2 Å². The number of aliphatic hydroxyl groups is 1. The fourth-order valence-electron chi connectivity index (χ4n) is 2.45. The van der Waals surface area contributed by atoms with E-state index in [2.05, 4.69) is 0 Å². The fraction of sp³-hybridized carbons (Fsp3) is 0.562. The van der Waals surface area contributed by atoms with E-state index in [-0.39, 0.29) is 18.6 Å². The molecule has 5 heteroatoms. The molecule has 1 aromatic rings. The quantitative estimate of drug-likeness (QED) is 0.857. The summed E-state index contributed by atoms with van der Waals surface area (Å²) < 4.78 is 10.7. The van der Waals surface area contributed by atoms with Crippen LogP contribution >= 0.6 is 0 Å². The van der Waals surface area contributed by atoms with Crippen LogP contribution in [-0.4, -0.2) is 54.9 Å². The summed E-state index contributed by atoms with van der Waals surface area (Å²) in [5.41, 5.74) is 1.11. The third-order valence-corrected chi connectivity index (χ3v) is 3.62. The van der Waals surface area contributed by atoms with Gasteiger partial charge in [-0.1, -0.05) is 12.1 Å². The maximum atomic E-state index is 12.2. The first-order valence-corrected chi connectivity index (χ1v) is 7.44. The van der Waals surface area contributed by atoms with Crippen molar-refractivity contribution >= 4 is 5.91 Å². The van der Waals surface area contributed by atoms with Crippen LogP contribution in [0.25, 0.3) is 0 Å². The molecule has 0 aromatic heterocycles. The molecule has 0 spiro atoms. The fourth-order valence-corrected chi connectivity index (χ4v) is 2.45. The van der Waals surface area contributed by atoms with Gasteiger partial charge in [-0.25, -0.2) is 0 Å². The van der Waals surface area contributed by atoms with Crippen LogP contribution in [0.3, 0.4) is 0 Å². The number of carbonyl (C=O) groups is 1. The zero-order valence-electron chi connectivity index (χ0n) is 12.5. The Morgan fingerprint density at radius 2 is 2.19 bits per heavy atom. The molecule has 0 aliphatic carbocycles. The molecule has 1 atom stereocenters. The van der Waals surface area contributed by atoms with Gasteiger partial charge >= 0.3 is 0 Å². The van der Waals surface area contributed by atoms with Gasteiger partial charge in [0.05, 0.1) is 32.5 Å². The van der Waals surface area contributed by atoms with Crippen LogP contribution < -0.4 is 4.74 Å². The molecule has 1 aromatic carbocycles. The molecule has 1 fully saturated rings. The molecule has 1 saturated heterocycles. The van der Waals surface area contributed by atoms with Crippen LogP contribution in [0.2, 0.25) is 0 Å². The average molecular weight is 293 g/mol. The van der Waals surface area contributed by atoms with Crippen molar-refractivity contribution in [2.24, 2.45) is 0 Å². The van der Waals surface area contributed by atoms with E-state index in [1.807, 2.05) is 31.2 Å². The number of ether oxygens (including phenoxy) is 2. The molecule has 0 bridgehead atoms. The molecule has 1 aliphatic heterocycles. The van der Waals surface area contributed by atoms with E-state index in [1.165, 1.54) is 0 Å². The summed E-state index contributed by atoms with van der Waals surface area (Å²) in [5.74, 6) is 0.923. The van der Waals surface area contributed by atoms with Gasteiger partial charge in [-0.2, -0.15) is 0 Å². The zero-order valence-corrected chi connectivity index (χ0v) is 12.5. The van der Waals surface area contributed by atoms with E-state index in [9.17, 15) is 9.90 Å². The molecule has 1 unspecified atom stereocenters. The Balaban J connectivity index is 1.85. The number of hydrogen-bond donors (Lipinski definition) is 1. The van der Waals surface area contributed by atoms with E-state index >= 15 is 0 Å². The second-order valence-corrected chi connectivity index (χ2v) is 5.08. The molecule has 1 aliphatic rings. The Bertz CT molecular complexity index is 446. The predicted octanol–water partition coefficient (Wildman–Crippen LogP) is 1.24. The summed E-state index contributed by atoms with van der Waals surface area (Å²) in [4.78, 5) is 14.0. The van der Waals surface area contributed by atoms with Gasteiger partial charge in [-0.05, 0) is 31.0 Å². The van der Waals surface area contributed by atoms with Crippen molar-refractivity contribution in [1.82, 2.24) is 4.90 Å². The molecule has 1 amide bonds. The van der Waals surface area contributed by atoms with Crippen LogP contribution in [0, 0.1) is 0 Å². The van der Waals surface area contributed by atoms with Crippen LogP contribution in [-0.2, 0) is 16.0 Å². The van der Waals surface area contributed by atoms with Gasteiger partial charge in [0.1, 0.15) is 5.75 Å². The number of hydrogen-bond acceptors (Lipinski definition) is 4. The number of amides is 1. The Hall–Kier alpha value is -1.59. The summed E-state index contributed by atoms with van der Waals surface area (Å²) in [6, 6.07) is 7.62. The molecular formula is C16H23NO4. The van der Waals surface area contributed by atoms with Crippen molar-refractivity contribution < 1.29 is 19.4 Å². The van der Waals surface area contributed by atoms with E-state index in [0.717, 1.165) is 11.3 Å². The molecule has 21 heavy (non-hydrogen) atoms. The summed E-state index contributed by atoms with van der Waals surface area (Å²) in [6.45, 7) is 4.09. The molecule has 2 rings (SSSR count). The number of rotatable bonds is 6. The number of aliphatic hydroxyl groups excluding tert-OH is 1. The highest BCUT2D eigenvalue weighted by Gasteiger charge is 2.26. The van der Waals surface area contributed by atoms with Gasteiger partial charge in [0.25, 0.3) is 0 Å². The topological polar surface area (TPSA) is 59.0 Å². The molecular weight excluding hydrogens is 270 g/mol. The highest BCUT2D eigenvalue weighted by Crippen LogP contribution is 2.15. The molecule has 1 N–H and O–H groups in total. The van der Waals surface area contributed by atoms with E-state index < -0.39 is 0 Å². The Kier molecular flexibility index (Phi) is 6.02. The van der Waals surface area contributed by atoms with Gasteiger partial charge in [0.15, 0.2) is 0 Å². The van der Waals surface area contributed by atoms with E-state index in [4.69, 9.17) is 9.47 Å². The van der Waals surface area contributed by atoms with Crippen LogP contribution in [0.1, 0.15) is 18.9 Å². The maximum Gasteiger partial charge on any atom is 0.223 e. The maximum absolute atomic E-state index is 12.2. The van der Waals surface area contributed by atoms with Gasteiger partial charge in [0, 0.05) is 13.0 Å². The molecule has 0 saturated carbocycles. The van der Waals surface area contributed by atoms with Crippen LogP contribution in [0.4, 0.5) is 0 Å². The predicted molar refractivity (Wildman–Crippen MR) is 79.3 cm³/mol. The summed E-state index contributed by atoms with van der Waals surface area (Å²) in [6.07, 6.45) is 1.14. The minimum absolute atomic E-state index is 0.0468. The number of nitrogens with zero attached hydrogens (tertiary/aromatic N) is 1. The second-order valence-electron chi connectivity index (χ2n) is 5.08. The van der Waals surface area contributed by atoms with Crippen molar-refractivity contribution in [3.8, 4) is 5.75 Å². The van der Waals surface area contributed by atoms with Gasteiger partial charge in [-0.3, -0.25) is 4.79 Å². The minimum atomic E-state index is -0.202. The number of aryl methyl sites for hydroxylation is 1. The Labute approximate surface area is 125 Å². The monoisotopic (exact) mass is 293 g/mol. The Morgan fingerprint density at radius 1 is 1.43 bits per heavy atom. The van der Waals surface area contributed by atoms with Crippen molar-refractivity contribution in [3.63, 3.8) is 0 Å². The van der Waals surface area contributed by atoms with Gasteiger partial charge < -0.3 is 19.5 Å². The number of carbonyl (C=O) groups excluding carboxylic acids is 1. The summed E-state index contributed by atoms with van der Waals surface area (Å²) in [5, 5.41) is 9.29. The van der Waals surface area contributed by atoms with Crippen molar-refractivity contribution in [1.29, 1.82) is 0 Å². The van der Waals surface area contributed by atoms with Crippen molar-refractivity contribution in [3.05, 3.63) is 29.8 Å². The van der Waals surface area contributed by atoms with Crippen LogP contribution in [0.15, 0.2) is 24.3 Å². The zero-order chi connectivity index (χ0) is 15.1. The lowest BCUT2D eigenvalue weighted by atomic mass is 10.1. The standard InChI is InChI=1S/C16H23NO4/c1-2-21-15-6-3-13(4-7-15)5-8-16(19)17-9-10-20-12-14(17)11-18/h3-4,6-7,14,18H,2,5,8-12H2,1H3. The molecule has 116 valence electrons. The second kappa shape index (κ2) is 8.00. The number of benzene rings is 1. The highest BCUT2D eigenvalue weighted by atomic mass is 16.5. The normalized spacial score (nSPS) is 18.6. The van der Waals surface area contributed by atoms with Gasteiger partial charge in [-0.15, -0.1) is 0 Å². The Morgan fingerprint density at radius 3 is 2.86 bits per heavy atom. The highest BCUT2D eigenvalue weighted by molar-refractivity contribution is 5.77. The molecule has 5 nitrogen and oxygen atoms in total. The lowest BCUT2D eigenvalue weighted by Gasteiger charge is -2.34. The third-order valence-electron chi connectivity index (χ3n) is 3.62. The first-order valence-electron chi connectivity index (χ1n) is 7.44. The lowest BCUT2D eigenvalue weighted by molar-refractivity contribution is -0.141. The minimum Gasteiger partial charge on any atom is -0.494 e. The smallest absolute Gasteiger partial charge is 0.223 e. The first-order chi connectivity index (χ1) is 10.2. The van der Waals surface area contributed by atoms with Gasteiger partial charge in [0.2, 0.25) is 5.91 Å². The molecule has 0 radical (unpaired) electrons. The third kappa shape index (κ3) is 4.44. The first kappa shape index (κ1) is 15.8.